The molecule has 0 saturated carbocycles. The molecule has 0 saturated heterocycles. The van der Waals surface area contributed by atoms with E-state index in [2.05, 4.69) is 34.9 Å². The van der Waals surface area contributed by atoms with Crippen molar-refractivity contribution >= 4 is 0 Å². The highest BCUT2D eigenvalue weighted by molar-refractivity contribution is 5.60. The van der Waals surface area contributed by atoms with Crippen LogP contribution in [0.4, 0.5) is 0 Å². The van der Waals surface area contributed by atoms with E-state index in [1.54, 1.807) is 4.80 Å². The topological polar surface area (TPSA) is 54.8 Å². The summed E-state index contributed by atoms with van der Waals surface area (Å²) in [5, 5.41) is 16.1. The highest BCUT2D eigenvalue weighted by Crippen LogP contribution is 2.20. The fraction of sp³-hybridized carbons (Fsp3) is 0.300. The fourth-order valence-corrected chi connectivity index (χ4v) is 2.74. The van der Waals surface area contributed by atoms with Crippen molar-refractivity contribution in [3.05, 3.63) is 71.9 Å². The monoisotopic (exact) mass is 335 g/mol. The van der Waals surface area contributed by atoms with E-state index < -0.39 is 0 Å². The third-order valence-electron chi connectivity index (χ3n) is 4.01. The summed E-state index contributed by atoms with van der Waals surface area (Å²) in [6, 6.07) is 20.6. The summed E-state index contributed by atoms with van der Waals surface area (Å²) in [6.45, 7) is 3.38. The highest BCUT2D eigenvalue weighted by atomic mass is 15.5. The molecule has 2 aromatic carbocycles. The van der Waals surface area contributed by atoms with Gasteiger partial charge in [-0.3, -0.25) is 0 Å². The molecule has 0 spiro atoms. The smallest absolute Gasteiger partial charge is 0.117 e. The first kappa shape index (κ1) is 17.3. The van der Waals surface area contributed by atoms with Gasteiger partial charge in [0.2, 0.25) is 0 Å². The van der Waals surface area contributed by atoms with Crippen LogP contribution in [0.25, 0.3) is 11.3 Å². The van der Waals surface area contributed by atoms with Crippen molar-refractivity contribution in [3.63, 3.8) is 0 Å². The van der Waals surface area contributed by atoms with Gasteiger partial charge in [0.25, 0.3) is 0 Å². The second-order valence-electron chi connectivity index (χ2n) is 6.01. The van der Waals surface area contributed by atoms with Crippen LogP contribution in [-0.4, -0.2) is 35.1 Å². The molecule has 130 valence electrons. The van der Waals surface area contributed by atoms with E-state index in [-0.39, 0.29) is 0 Å². The minimum Gasteiger partial charge on any atom is -0.320 e. The van der Waals surface area contributed by atoms with Gasteiger partial charge in [0.15, 0.2) is 0 Å². The molecule has 0 aliphatic rings. The Morgan fingerprint density at radius 2 is 1.60 bits per heavy atom. The Balaban J connectivity index is 1.76. The normalized spacial score (nSPS) is 10.9. The Hall–Kier alpha value is -2.50. The van der Waals surface area contributed by atoms with E-state index >= 15 is 0 Å². The van der Waals surface area contributed by atoms with Crippen molar-refractivity contribution in [2.45, 2.75) is 19.5 Å². The molecule has 0 radical (unpaired) electrons. The summed E-state index contributed by atoms with van der Waals surface area (Å²) in [5.41, 5.74) is 4.25. The van der Waals surface area contributed by atoms with Crippen molar-refractivity contribution in [1.82, 2.24) is 25.6 Å². The molecule has 0 fully saturated rings. The number of benzene rings is 2. The van der Waals surface area contributed by atoms with Crippen molar-refractivity contribution in [1.29, 1.82) is 0 Å². The van der Waals surface area contributed by atoms with Crippen LogP contribution in [0.15, 0.2) is 60.7 Å². The molecule has 0 aliphatic heterocycles. The summed E-state index contributed by atoms with van der Waals surface area (Å²) >= 11 is 0. The van der Waals surface area contributed by atoms with Gasteiger partial charge in [0, 0.05) is 12.1 Å². The Morgan fingerprint density at radius 1 is 0.880 bits per heavy atom. The Labute approximate surface area is 149 Å². The first-order chi connectivity index (χ1) is 12.4. The van der Waals surface area contributed by atoms with Gasteiger partial charge < -0.3 is 10.6 Å². The van der Waals surface area contributed by atoms with Crippen LogP contribution >= 0.6 is 0 Å². The summed E-state index contributed by atoms with van der Waals surface area (Å²) in [6.07, 6.45) is 1.09. The number of nitrogens with one attached hydrogen (secondary N) is 2. The predicted molar refractivity (Wildman–Crippen MR) is 101 cm³/mol. The molecule has 3 rings (SSSR count). The first-order valence-corrected chi connectivity index (χ1v) is 8.75. The third-order valence-corrected chi connectivity index (χ3v) is 4.01. The Bertz CT molecular complexity index is 752. The van der Waals surface area contributed by atoms with E-state index in [0.29, 0.717) is 6.54 Å². The zero-order valence-electron chi connectivity index (χ0n) is 14.7. The average molecular weight is 335 g/mol. The molecule has 5 nitrogen and oxygen atoms in total. The van der Waals surface area contributed by atoms with Gasteiger partial charge >= 0.3 is 0 Å². The average Bonchev–Trinajstić information content (AvgIpc) is 3.06. The van der Waals surface area contributed by atoms with E-state index in [1.165, 1.54) is 5.56 Å². The molecule has 25 heavy (non-hydrogen) atoms. The molecule has 5 heteroatoms. The number of hydrogen-bond donors (Lipinski definition) is 2. The lowest BCUT2D eigenvalue weighted by molar-refractivity contribution is 0.571. The van der Waals surface area contributed by atoms with Gasteiger partial charge in [-0.25, -0.2) is 0 Å². The van der Waals surface area contributed by atoms with E-state index in [0.717, 1.165) is 43.0 Å². The van der Waals surface area contributed by atoms with Crippen LogP contribution in [0.3, 0.4) is 0 Å². The van der Waals surface area contributed by atoms with E-state index in [1.807, 2.05) is 43.4 Å². The van der Waals surface area contributed by atoms with Gasteiger partial charge in [-0.15, -0.1) is 0 Å². The van der Waals surface area contributed by atoms with Crippen LogP contribution in [0.1, 0.15) is 17.7 Å². The Morgan fingerprint density at radius 3 is 2.32 bits per heavy atom. The number of aromatic nitrogens is 3. The Kier molecular flexibility index (Phi) is 6.31. The summed E-state index contributed by atoms with van der Waals surface area (Å²) in [7, 11) is 1.97. The van der Waals surface area contributed by atoms with Gasteiger partial charge in [0.05, 0.1) is 6.54 Å². The summed E-state index contributed by atoms with van der Waals surface area (Å²) in [4.78, 5) is 1.79. The van der Waals surface area contributed by atoms with Crippen LogP contribution in [-0.2, 0) is 13.1 Å². The number of hydrogen-bond acceptors (Lipinski definition) is 4. The quantitative estimate of drug-likeness (QED) is 0.590. The zero-order valence-corrected chi connectivity index (χ0v) is 14.7. The molecule has 1 aromatic heterocycles. The minimum absolute atomic E-state index is 0.681. The molecule has 1 heterocycles. The van der Waals surface area contributed by atoms with Crippen molar-refractivity contribution < 1.29 is 0 Å². The summed E-state index contributed by atoms with van der Waals surface area (Å²) in [5.74, 6) is 0. The standard InChI is InChI=1S/C20H25N5/c1-21-13-8-14-22-15-19-20(18-11-6-3-7-12-18)24-25(23-19)16-17-9-4-2-5-10-17/h2-7,9-12,21-22H,8,13-16H2,1H3. The van der Waals surface area contributed by atoms with Gasteiger partial charge in [0.1, 0.15) is 11.4 Å². The van der Waals surface area contributed by atoms with E-state index in [9.17, 15) is 0 Å². The SMILES string of the molecule is CNCCCNCc1nn(Cc2ccccc2)nc1-c1ccccc1. The maximum atomic E-state index is 4.74. The lowest BCUT2D eigenvalue weighted by Gasteiger charge is -2.04. The minimum atomic E-state index is 0.681. The number of rotatable bonds is 9. The second-order valence-corrected chi connectivity index (χ2v) is 6.01. The molecule has 0 unspecified atom stereocenters. The third kappa shape index (κ3) is 4.98. The molecular formula is C20H25N5. The van der Waals surface area contributed by atoms with Crippen molar-refractivity contribution in [2.24, 2.45) is 0 Å². The zero-order chi connectivity index (χ0) is 17.3. The lowest BCUT2D eigenvalue weighted by Crippen LogP contribution is -2.20. The summed E-state index contributed by atoms with van der Waals surface area (Å²) < 4.78 is 0. The molecule has 0 atom stereocenters. The molecule has 2 N–H and O–H groups in total. The predicted octanol–water partition coefficient (Wildman–Crippen LogP) is 2.69. The maximum Gasteiger partial charge on any atom is 0.117 e. The highest BCUT2D eigenvalue weighted by Gasteiger charge is 2.13. The maximum absolute atomic E-state index is 4.74. The lowest BCUT2D eigenvalue weighted by atomic mass is 10.1. The van der Waals surface area contributed by atoms with Gasteiger partial charge in [-0.2, -0.15) is 15.0 Å². The first-order valence-electron chi connectivity index (χ1n) is 8.75. The van der Waals surface area contributed by atoms with Crippen molar-refractivity contribution in [3.8, 4) is 11.3 Å². The van der Waals surface area contributed by atoms with Crippen LogP contribution in [0, 0.1) is 0 Å². The largest absolute Gasteiger partial charge is 0.320 e. The fourth-order valence-electron chi connectivity index (χ4n) is 2.74. The molecular weight excluding hydrogens is 310 g/mol. The number of nitrogens with zero attached hydrogens (tertiary/aromatic N) is 3. The molecule has 0 bridgehead atoms. The van der Waals surface area contributed by atoms with Crippen LogP contribution in [0.5, 0.6) is 0 Å². The van der Waals surface area contributed by atoms with Crippen LogP contribution < -0.4 is 10.6 Å². The van der Waals surface area contributed by atoms with Gasteiger partial charge in [-0.05, 0) is 32.1 Å². The molecule has 3 aromatic rings. The second kappa shape index (κ2) is 9.11. The van der Waals surface area contributed by atoms with E-state index in [4.69, 9.17) is 10.2 Å². The van der Waals surface area contributed by atoms with Crippen LogP contribution in [0.2, 0.25) is 0 Å². The molecule has 0 aliphatic carbocycles. The van der Waals surface area contributed by atoms with Gasteiger partial charge in [-0.1, -0.05) is 60.7 Å². The van der Waals surface area contributed by atoms with Crippen molar-refractivity contribution in [2.75, 3.05) is 20.1 Å². The molecule has 0 amide bonds.